The predicted molar refractivity (Wildman–Crippen MR) is 74.4 cm³/mol. The fourth-order valence-corrected chi connectivity index (χ4v) is 1.79. The Morgan fingerprint density at radius 2 is 1.94 bits per heavy atom. The van der Waals surface area contributed by atoms with Gasteiger partial charge in [-0.05, 0) is 51.9 Å². The standard InChI is InChI=1S/C14H25N3/c1-6-7-12-8-11(10-15-5)9-13(16-12)17-14(2,3)4/h8-9,15H,6-7,10H2,1-5H3,(H,16,17). The van der Waals surface area contributed by atoms with Crippen molar-refractivity contribution < 1.29 is 0 Å². The first-order valence-corrected chi connectivity index (χ1v) is 6.37. The fraction of sp³-hybridized carbons (Fsp3) is 0.643. The van der Waals surface area contributed by atoms with E-state index in [2.05, 4.69) is 55.4 Å². The van der Waals surface area contributed by atoms with Crippen LogP contribution < -0.4 is 10.6 Å². The van der Waals surface area contributed by atoms with E-state index < -0.39 is 0 Å². The van der Waals surface area contributed by atoms with E-state index in [-0.39, 0.29) is 5.54 Å². The maximum Gasteiger partial charge on any atom is 0.126 e. The highest BCUT2D eigenvalue weighted by atomic mass is 15.0. The summed E-state index contributed by atoms with van der Waals surface area (Å²) >= 11 is 0. The zero-order valence-electron chi connectivity index (χ0n) is 11.7. The second-order valence-electron chi connectivity index (χ2n) is 5.51. The van der Waals surface area contributed by atoms with Crippen LogP contribution in [0.15, 0.2) is 12.1 Å². The van der Waals surface area contributed by atoms with E-state index in [0.717, 1.165) is 25.2 Å². The minimum Gasteiger partial charge on any atom is -0.365 e. The highest BCUT2D eigenvalue weighted by molar-refractivity contribution is 5.41. The lowest BCUT2D eigenvalue weighted by molar-refractivity contribution is 0.629. The average Bonchev–Trinajstić information content (AvgIpc) is 2.15. The van der Waals surface area contributed by atoms with Gasteiger partial charge in [-0.1, -0.05) is 13.3 Å². The predicted octanol–water partition coefficient (Wildman–Crippen LogP) is 2.96. The van der Waals surface area contributed by atoms with Crippen LogP contribution in [0, 0.1) is 0 Å². The molecule has 0 spiro atoms. The molecule has 3 nitrogen and oxygen atoms in total. The molecule has 0 aliphatic heterocycles. The van der Waals surface area contributed by atoms with Gasteiger partial charge < -0.3 is 10.6 Å². The Bertz CT molecular complexity index is 329. The van der Waals surface area contributed by atoms with Crippen molar-refractivity contribution in [2.45, 2.75) is 52.6 Å². The number of anilines is 1. The molecule has 0 saturated heterocycles. The van der Waals surface area contributed by atoms with Gasteiger partial charge in [0.05, 0.1) is 0 Å². The lowest BCUT2D eigenvalue weighted by atomic mass is 10.1. The molecule has 1 heterocycles. The van der Waals surface area contributed by atoms with Gasteiger partial charge >= 0.3 is 0 Å². The molecule has 0 aliphatic carbocycles. The number of rotatable bonds is 5. The van der Waals surface area contributed by atoms with E-state index >= 15 is 0 Å². The van der Waals surface area contributed by atoms with Crippen LogP contribution in [0.4, 0.5) is 5.82 Å². The molecule has 0 aliphatic rings. The van der Waals surface area contributed by atoms with E-state index in [0.29, 0.717) is 0 Å². The van der Waals surface area contributed by atoms with Crippen LogP contribution in [0.1, 0.15) is 45.4 Å². The van der Waals surface area contributed by atoms with Gasteiger partial charge in [0.15, 0.2) is 0 Å². The second kappa shape index (κ2) is 6.01. The van der Waals surface area contributed by atoms with Gasteiger partial charge in [-0.15, -0.1) is 0 Å². The number of nitrogens with zero attached hydrogens (tertiary/aromatic N) is 1. The Kier molecular flexibility index (Phi) is 4.94. The lowest BCUT2D eigenvalue weighted by Gasteiger charge is -2.22. The van der Waals surface area contributed by atoms with Crippen molar-refractivity contribution in [2.75, 3.05) is 12.4 Å². The van der Waals surface area contributed by atoms with Crippen molar-refractivity contribution >= 4 is 5.82 Å². The van der Waals surface area contributed by atoms with Crippen molar-refractivity contribution in [1.82, 2.24) is 10.3 Å². The molecule has 3 heteroatoms. The lowest BCUT2D eigenvalue weighted by Crippen LogP contribution is -2.27. The van der Waals surface area contributed by atoms with Gasteiger partial charge in [0, 0.05) is 17.8 Å². The summed E-state index contributed by atoms with van der Waals surface area (Å²) in [5.41, 5.74) is 2.51. The molecular weight excluding hydrogens is 210 g/mol. The first-order valence-electron chi connectivity index (χ1n) is 6.37. The zero-order chi connectivity index (χ0) is 12.9. The molecule has 0 unspecified atom stereocenters. The summed E-state index contributed by atoms with van der Waals surface area (Å²) in [6, 6.07) is 4.31. The second-order valence-corrected chi connectivity index (χ2v) is 5.51. The van der Waals surface area contributed by atoms with E-state index in [1.165, 1.54) is 11.3 Å². The first-order chi connectivity index (χ1) is 7.94. The van der Waals surface area contributed by atoms with Crippen LogP contribution in [-0.4, -0.2) is 17.6 Å². The molecule has 17 heavy (non-hydrogen) atoms. The summed E-state index contributed by atoms with van der Waals surface area (Å²) in [6.07, 6.45) is 2.17. The molecule has 0 fully saturated rings. The van der Waals surface area contributed by atoms with E-state index in [1.807, 2.05) is 7.05 Å². The number of aromatic nitrogens is 1. The Labute approximate surface area is 105 Å². The molecule has 96 valence electrons. The van der Waals surface area contributed by atoms with Crippen molar-refractivity contribution in [1.29, 1.82) is 0 Å². The maximum absolute atomic E-state index is 4.65. The summed E-state index contributed by atoms with van der Waals surface area (Å²) in [5, 5.41) is 6.63. The van der Waals surface area contributed by atoms with Crippen molar-refractivity contribution in [2.24, 2.45) is 0 Å². The Hall–Kier alpha value is -1.09. The number of aryl methyl sites for hydroxylation is 1. The van der Waals surface area contributed by atoms with Gasteiger partial charge in [-0.2, -0.15) is 0 Å². The molecule has 1 aromatic rings. The quantitative estimate of drug-likeness (QED) is 0.824. The highest BCUT2D eigenvalue weighted by Crippen LogP contribution is 2.16. The number of hydrogen-bond donors (Lipinski definition) is 2. The Morgan fingerprint density at radius 1 is 1.24 bits per heavy atom. The topological polar surface area (TPSA) is 37.0 Å². The molecule has 1 rings (SSSR count). The average molecular weight is 235 g/mol. The molecular formula is C14H25N3. The monoisotopic (exact) mass is 235 g/mol. The number of pyridine rings is 1. The third kappa shape index (κ3) is 5.18. The molecule has 0 aromatic carbocycles. The van der Waals surface area contributed by atoms with Crippen LogP contribution in [0.2, 0.25) is 0 Å². The SMILES string of the molecule is CCCc1cc(CNC)cc(NC(C)(C)C)n1. The summed E-state index contributed by atoms with van der Waals surface area (Å²) in [4.78, 5) is 4.65. The Balaban J connectivity index is 2.94. The highest BCUT2D eigenvalue weighted by Gasteiger charge is 2.11. The molecule has 0 saturated carbocycles. The van der Waals surface area contributed by atoms with E-state index in [1.54, 1.807) is 0 Å². The summed E-state index contributed by atoms with van der Waals surface area (Å²) < 4.78 is 0. The van der Waals surface area contributed by atoms with Crippen LogP contribution in [0.3, 0.4) is 0 Å². The van der Waals surface area contributed by atoms with Gasteiger partial charge in [0.2, 0.25) is 0 Å². The summed E-state index contributed by atoms with van der Waals surface area (Å²) in [6.45, 7) is 9.53. The van der Waals surface area contributed by atoms with Crippen LogP contribution >= 0.6 is 0 Å². The third-order valence-electron chi connectivity index (χ3n) is 2.33. The molecule has 0 bridgehead atoms. The molecule has 0 amide bonds. The largest absolute Gasteiger partial charge is 0.365 e. The Morgan fingerprint density at radius 3 is 2.47 bits per heavy atom. The van der Waals surface area contributed by atoms with Gasteiger partial charge in [0.25, 0.3) is 0 Å². The van der Waals surface area contributed by atoms with Gasteiger partial charge in [0.1, 0.15) is 5.82 Å². The summed E-state index contributed by atoms with van der Waals surface area (Å²) in [7, 11) is 1.97. The van der Waals surface area contributed by atoms with Crippen LogP contribution in [0.25, 0.3) is 0 Å². The van der Waals surface area contributed by atoms with Gasteiger partial charge in [-0.3, -0.25) is 0 Å². The van der Waals surface area contributed by atoms with E-state index in [9.17, 15) is 0 Å². The maximum atomic E-state index is 4.65. The van der Waals surface area contributed by atoms with E-state index in [4.69, 9.17) is 0 Å². The minimum atomic E-state index is 0.0503. The zero-order valence-corrected chi connectivity index (χ0v) is 11.7. The minimum absolute atomic E-state index is 0.0503. The fourth-order valence-electron chi connectivity index (χ4n) is 1.79. The normalized spacial score (nSPS) is 11.6. The van der Waals surface area contributed by atoms with Gasteiger partial charge in [-0.25, -0.2) is 4.98 Å². The van der Waals surface area contributed by atoms with Crippen LogP contribution in [-0.2, 0) is 13.0 Å². The summed E-state index contributed by atoms with van der Waals surface area (Å²) in [5.74, 6) is 0.980. The van der Waals surface area contributed by atoms with Crippen molar-refractivity contribution in [3.8, 4) is 0 Å². The molecule has 1 aromatic heterocycles. The first kappa shape index (κ1) is 14.0. The van der Waals surface area contributed by atoms with Crippen molar-refractivity contribution in [3.05, 3.63) is 23.4 Å². The molecule has 0 atom stereocenters. The smallest absolute Gasteiger partial charge is 0.126 e. The number of nitrogens with one attached hydrogen (secondary N) is 2. The third-order valence-corrected chi connectivity index (χ3v) is 2.33. The van der Waals surface area contributed by atoms with Crippen LogP contribution in [0.5, 0.6) is 0 Å². The molecule has 2 N–H and O–H groups in total. The number of hydrogen-bond acceptors (Lipinski definition) is 3. The van der Waals surface area contributed by atoms with Crippen molar-refractivity contribution in [3.63, 3.8) is 0 Å². The molecule has 0 radical (unpaired) electrons.